The molecule has 3 aromatic carbocycles. The van der Waals surface area contributed by atoms with Gasteiger partial charge in [-0.05, 0) is 86.8 Å². The Balaban J connectivity index is 1.21. The van der Waals surface area contributed by atoms with E-state index in [-0.39, 0.29) is 29.1 Å². The average Bonchev–Trinajstić information content (AvgIpc) is 3.66. The second-order valence-corrected chi connectivity index (χ2v) is 13.5. The standard InChI is InChI=1S/C35H38N6O2S/c1-22-5-12-27(13-6-22)41-31(20-30(40-41)35(2,3)4)39-34(43)38-26-10-7-23(8-11-26)32(24-15-17-36-18-16-24)33(42)25-9-14-28-29(19-25)44-21-37-28/h5-14,19-21,24,32,36H,15-18H2,1-4H3,(H2,38,39,43). The molecule has 1 atom stereocenters. The molecule has 8 nitrogen and oxygen atoms in total. The summed E-state index contributed by atoms with van der Waals surface area (Å²) in [4.78, 5) is 31.5. The molecule has 5 aromatic rings. The molecule has 44 heavy (non-hydrogen) atoms. The molecule has 9 heteroatoms. The van der Waals surface area contributed by atoms with Crippen LogP contribution in [0.2, 0.25) is 0 Å². The van der Waals surface area contributed by atoms with Gasteiger partial charge >= 0.3 is 6.03 Å². The molecule has 1 aliphatic rings. The lowest BCUT2D eigenvalue weighted by atomic mass is 9.76. The number of anilines is 2. The van der Waals surface area contributed by atoms with Crippen molar-refractivity contribution in [3.63, 3.8) is 0 Å². The minimum Gasteiger partial charge on any atom is -0.317 e. The lowest BCUT2D eigenvalue weighted by Crippen LogP contribution is -2.33. The largest absolute Gasteiger partial charge is 0.324 e. The summed E-state index contributed by atoms with van der Waals surface area (Å²) in [5.41, 5.74) is 7.75. The minimum atomic E-state index is -0.365. The van der Waals surface area contributed by atoms with E-state index in [4.69, 9.17) is 5.10 Å². The number of nitrogens with zero attached hydrogens (tertiary/aromatic N) is 3. The molecule has 2 amide bonds. The van der Waals surface area contributed by atoms with E-state index in [9.17, 15) is 9.59 Å². The van der Waals surface area contributed by atoms with Gasteiger partial charge < -0.3 is 10.6 Å². The summed E-state index contributed by atoms with van der Waals surface area (Å²) in [7, 11) is 0. The summed E-state index contributed by atoms with van der Waals surface area (Å²) in [6, 6.07) is 23.1. The highest BCUT2D eigenvalue weighted by Gasteiger charge is 2.32. The lowest BCUT2D eigenvalue weighted by molar-refractivity contribution is 0.0916. The van der Waals surface area contributed by atoms with Gasteiger partial charge in [-0.25, -0.2) is 14.5 Å². The summed E-state index contributed by atoms with van der Waals surface area (Å²) in [5.74, 6) is 0.694. The fourth-order valence-electron chi connectivity index (χ4n) is 5.78. The Bertz CT molecular complexity index is 1780. The average molecular weight is 607 g/mol. The van der Waals surface area contributed by atoms with Crippen LogP contribution in [-0.4, -0.2) is 39.7 Å². The third kappa shape index (κ3) is 6.44. The van der Waals surface area contributed by atoms with Crippen molar-refractivity contribution in [1.29, 1.82) is 0 Å². The number of amides is 2. The molecule has 2 aromatic heterocycles. The molecule has 0 aliphatic carbocycles. The summed E-state index contributed by atoms with van der Waals surface area (Å²) < 4.78 is 2.78. The Kier molecular flexibility index (Phi) is 8.33. The van der Waals surface area contributed by atoms with Gasteiger partial charge in [0.1, 0.15) is 5.82 Å². The van der Waals surface area contributed by atoms with Crippen LogP contribution in [0.15, 0.2) is 78.3 Å². The van der Waals surface area contributed by atoms with Gasteiger partial charge in [0.15, 0.2) is 5.78 Å². The molecule has 0 bridgehead atoms. The van der Waals surface area contributed by atoms with Gasteiger partial charge in [-0.1, -0.05) is 50.6 Å². The Hall–Kier alpha value is -4.34. The SMILES string of the molecule is Cc1ccc(-n2nc(C(C)(C)C)cc2NC(=O)Nc2ccc(C(C(=O)c3ccc4ncsc4c3)C3CCNCC3)cc2)cc1. The van der Waals surface area contributed by atoms with Crippen molar-refractivity contribution in [1.82, 2.24) is 20.1 Å². The third-order valence-electron chi connectivity index (χ3n) is 8.28. The van der Waals surface area contributed by atoms with Gasteiger partial charge in [0.25, 0.3) is 0 Å². The third-order valence-corrected chi connectivity index (χ3v) is 9.07. The molecule has 1 saturated heterocycles. The highest BCUT2D eigenvalue weighted by atomic mass is 32.1. The van der Waals surface area contributed by atoms with Crippen LogP contribution in [0.25, 0.3) is 15.9 Å². The normalized spacial score (nSPS) is 14.8. The summed E-state index contributed by atoms with van der Waals surface area (Å²) in [6.07, 6.45) is 1.87. The van der Waals surface area contributed by atoms with Crippen LogP contribution in [-0.2, 0) is 5.41 Å². The predicted molar refractivity (Wildman–Crippen MR) is 178 cm³/mol. The number of aryl methyl sites for hydroxylation is 1. The summed E-state index contributed by atoms with van der Waals surface area (Å²) in [5, 5.41) is 14.2. The van der Waals surface area contributed by atoms with Crippen LogP contribution in [0.3, 0.4) is 0 Å². The number of carbonyl (C=O) groups is 2. The molecular weight excluding hydrogens is 568 g/mol. The van der Waals surface area contributed by atoms with Gasteiger partial charge in [0.2, 0.25) is 0 Å². The van der Waals surface area contributed by atoms with E-state index in [1.807, 2.05) is 85.2 Å². The molecule has 1 aliphatic heterocycles. The highest BCUT2D eigenvalue weighted by Crippen LogP contribution is 2.36. The van der Waals surface area contributed by atoms with E-state index in [2.05, 4.69) is 41.7 Å². The maximum Gasteiger partial charge on any atom is 0.324 e. The first-order valence-corrected chi connectivity index (χ1v) is 16.0. The summed E-state index contributed by atoms with van der Waals surface area (Å²) >= 11 is 1.55. The van der Waals surface area contributed by atoms with Gasteiger partial charge in [-0.15, -0.1) is 11.3 Å². The second-order valence-electron chi connectivity index (χ2n) is 12.6. The number of nitrogens with one attached hydrogen (secondary N) is 3. The molecule has 0 spiro atoms. The molecule has 1 unspecified atom stereocenters. The molecular formula is C35H38N6O2S. The predicted octanol–water partition coefficient (Wildman–Crippen LogP) is 7.70. The van der Waals surface area contributed by atoms with Crippen molar-refractivity contribution >= 4 is 44.9 Å². The van der Waals surface area contributed by atoms with Gasteiger partial charge in [0, 0.05) is 22.7 Å². The fourth-order valence-corrected chi connectivity index (χ4v) is 6.49. The van der Waals surface area contributed by atoms with E-state index in [0.29, 0.717) is 17.1 Å². The molecule has 226 valence electrons. The zero-order chi connectivity index (χ0) is 30.8. The number of piperidine rings is 1. The van der Waals surface area contributed by atoms with Crippen LogP contribution in [0.4, 0.5) is 16.3 Å². The van der Waals surface area contributed by atoms with E-state index in [0.717, 1.165) is 58.7 Å². The molecule has 1 fully saturated rings. The minimum absolute atomic E-state index is 0.129. The first-order valence-electron chi connectivity index (χ1n) is 15.1. The first-order chi connectivity index (χ1) is 21.2. The topological polar surface area (TPSA) is 101 Å². The molecule has 3 heterocycles. The van der Waals surface area contributed by atoms with Gasteiger partial charge in [0.05, 0.1) is 33.0 Å². The molecule has 3 N–H and O–H groups in total. The van der Waals surface area contributed by atoms with E-state index in [1.165, 1.54) is 0 Å². The van der Waals surface area contributed by atoms with Crippen LogP contribution < -0.4 is 16.0 Å². The number of ketones is 1. The Morgan fingerprint density at radius 2 is 1.68 bits per heavy atom. The van der Waals surface area contributed by atoms with E-state index in [1.54, 1.807) is 16.0 Å². The van der Waals surface area contributed by atoms with Crippen LogP contribution in [0, 0.1) is 12.8 Å². The number of Topliss-reactive ketones (excluding diaryl/α,β-unsaturated/α-hetero) is 1. The maximum absolute atomic E-state index is 14.0. The number of hydrogen-bond donors (Lipinski definition) is 3. The highest BCUT2D eigenvalue weighted by molar-refractivity contribution is 7.16. The van der Waals surface area contributed by atoms with Crippen molar-refractivity contribution in [2.75, 3.05) is 23.7 Å². The van der Waals surface area contributed by atoms with Crippen molar-refractivity contribution in [3.8, 4) is 5.69 Å². The van der Waals surface area contributed by atoms with Crippen molar-refractivity contribution in [3.05, 3.63) is 101 Å². The number of fused-ring (bicyclic) bond motifs is 1. The fraction of sp³-hybridized carbons (Fsp3) is 0.314. The number of aromatic nitrogens is 3. The first kappa shape index (κ1) is 29.7. The number of carbonyl (C=O) groups excluding carboxylic acids is 2. The van der Waals surface area contributed by atoms with Crippen LogP contribution in [0.1, 0.15) is 66.7 Å². The second kappa shape index (κ2) is 12.3. The Morgan fingerprint density at radius 1 is 0.955 bits per heavy atom. The number of thiazole rings is 1. The smallest absolute Gasteiger partial charge is 0.317 e. The molecule has 0 saturated carbocycles. The number of benzene rings is 3. The maximum atomic E-state index is 14.0. The van der Waals surface area contributed by atoms with Crippen molar-refractivity contribution < 1.29 is 9.59 Å². The number of urea groups is 1. The van der Waals surface area contributed by atoms with Crippen molar-refractivity contribution in [2.24, 2.45) is 5.92 Å². The Labute approximate surface area is 261 Å². The van der Waals surface area contributed by atoms with Crippen LogP contribution >= 0.6 is 11.3 Å². The summed E-state index contributed by atoms with van der Waals surface area (Å²) in [6.45, 7) is 10.1. The molecule has 0 radical (unpaired) electrons. The molecule has 6 rings (SSSR count). The number of hydrogen-bond acceptors (Lipinski definition) is 6. The van der Waals surface area contributed by atoms with Crippen LogP contribution in [0.5, 0.6) is 0 Å². The number of rotatable bonds is 7. The zero-order valence-corrected chi connectivity index (χ0v) is 26.4. The quantitative estimate of drug-likeness (QED) is 0.165. The lowest BCUT2D eigenvalue weighted by Gasteiger charge is -2.30. The zero-order valence-electron chi connectivity index (χ0n) is 25.6. The van der Waals surface area contributed by atoms with Gasteiger partial charge in [-0.3, -0.25) is 10.1 Å². The van der Waals surface area contributed by atoms with Crippen molar-refractivity contribution in [2.45, 2.75) is 51.9 Å². The monoisotopic (exact) mass is 606 g/mol. The van der Waals surface area contributed by atoms with Gasteiger partial charge in [-0.2, -0.15) is 5.10 Å². The van der Waals surface area contributed by atoms with E-state index >= 15 is 0 Å². The Morgan fingerprint density at radius 3 is 2.39 bits per heavy atom. The van der Waals surface area contributed by atoms with E-state index < -0.39 is 0 Å².